The van der Waals surface area contributed by atoms with Gasteiger partial charge in [-0.15, -0.1) is 0 Å². The van der Waals surface area contributed by atoms with Gasteiger partial charge in [0.1, 0.15) is 0 Å². The van der Waals surface area contributed by atoms with Crippen LogP contribution in [0.3, 0.4) is 0 Å². The van der Waals surface area contributed by atoms with E-state index in [1.54, 1.807) is 4.74 Å². The highest BCUT2D eigenvalue weighted by atomic mass is 16.5. The molecule has 0 fully saturated rings. The molecule has 0 radical (unpaired) electrons. The maximum Gasteiger partial charge on any atom is 0.277 e. The molecule has 4 heteroatoms. The average molecular weight is 157 g/mol. The molecular weight excluding hydrogens is 144 g/mol. The van der Waals surface area contributed by atoms with Crippen LogP contribution in [0.25, 0.3) is 0 Å². The van der Waals surface area contributed by atoms with Gasteiger partial charge in [-0.1, -0.05) is 0 Å². The van der Waals surface area contributed by atoms with Gasteiger partial charge in [0.15, 0.2) is 7.05 Å². The van der Waals surface area contributed by atoms with Gasteiger partial charge in [0, 0.05) is 13.6 Å². The molecule has 4 nitrogen and oxygen atoms in total. The second-order valence-electron chi connectivity index (χ2n) is 2.44. The predicted octanol–water partition coefficient (Wildman–Crippen LogP) is -0.467. The van der Waals surface area contributed by atoms with E-state index in [2.05, 4.69) is 0 Å². The van der Waals surface area contributed by atoms with Crippen LogP contribution in [0.5, 0.6) is 0 Å². The highest BCUT2D eigenvalue weighted by molar-refractivity contribution is 5.29. The average Bonchev–Trinajstić information content (AvgIpc) is 2.36. The van der Waals surface area contributed by atoms with Crippen molar-refractivity contribution < 1.29 is 14.4 Å². The summed E-state index contributed by atoms with van der Waals surface area (Å²) in [6.45, 7) is 0.731. The zero-order valence-electron chi connectivity index (χ0n) is 6.82. The van der Waals surface area contributed by atoms with Crippen LogP contribution in [-0.2, 0) is 7.05 Å². The summed E-state index contributed by atoms with van der Waals surface area (Å²) in [6.07, 6.45) is 1.82. The van der Waals surface area contributed by atoms with Crippen molar-refractivity contribution in [3.05, 3.63) is 12.3 Å². The van der Waals surface area contributed by atoms with Crippen molar-refractivity contribution in [2.45, 2.75) is 0 Å². The molecule has 1 aromatic heterocycles. The van der Waals surface area contributed by atoms with Crippen molar-refractivity contribution in [2.75, 3.05) is 25.1 Å². The van der Waals surface area contributed by atoms with Crippen LogP contribution in [0.2, 0.25) is 0 Å². The molecule has 1 N–H and O–H groups in total. The molecule has 0 amide bonds. The van der Waals surface area contributed by atoms with Gasteiger partial charge in [-0.25, -0.2) is 4.52 Å². The third-order valence-electron chi connectivity index (χ3n) is 1.48. The van der Waals surface area contributed by atoms with Gasteiger partial charge >= 0.3 is 0 Å². The lowest BCUT2D eigenvalue weighted by Crippen LogP contribution is -2.25. The largest absolute Gasteiger partial charge is 0.395 e. The summed E-state index contributed by atoms with van der Waals surface area (Å²) in [5.74, 6) is 0.765. The lowest BCUT2D eigenvalue weighted by atomic mass is 10.5. The fraction of sp³-hybridized carbons (Fsp3) is 0.571. The number of rotatable bonds is 3. The Labute approximate surface area is 65.6 Å². The zero-order chi connectivity index (χ0) is 8.27. The molecule has 62 valence electrons. The van der Waals surface area contributed by atoms with Crippen molar-refractivity contribution >= 4 is 5.88 Å². The van der Waals surface area contributed by atoms with E-state index in [1.807, 2.05) is 31.3 Å². The Hall–Kier alpha value is -1.03. The summed E-state index contributed by atoms with van der Waals surface area (Å²) >= 11 is 0. The van der Waals surface area contributed by atoms with Crippen LogP contribution >= 0.6 is 0 Å². The Balaban J connectivity index is 2.60. The zero-order valence-corrected chi connectivity index (χ0v) is 6.82. The van der Waals surface area contributed by atoms with Gasteiger partial charge in [-0.2, -0.15) is 0 Å². The van der Waals surface area contributed by atoms with Gasteiger partial charge in [0.2, 0.25) is 6.20 Å². The predicted molar refractivity (Wildman–Crippen MR) is 40.2 cm³/mol. The van der Waals surface area contributed by atoms with Crippen LogP contribution in [0, 0.1) is 0 Å². The van der Waals surface area contributed by atoms with E-state index in [-0.39, 0.29) is 6.61 Å². The molecule has 0 saturated heterocycles. The van der Waals surface area contributed by atoms with Crippen molar-refractivity contribution in [1.29, 1.82) is 0 Å². The molecule has 1 aromatic rings. The second kappa shape index (κ2) is 3.39. The van der Waals surface area contributed by atoms with E-state index >= 15 is 0 Å². The molecule has 1 heterocycles. The Morgan fingerprint density at radius 2 is 2.45 bits per heavy atom. The summed E-state index contributed by atoms with van der Waals surface area (Å²) in [7, 11) is 3.69. The number of aryl methyl sites for hydroxylation is 1. The molecule has 0 bridgehead atoms. The normalized spacial score (nSPS) is 10.1. The summed E-state index contributed by atoms with van der Waals surface area (Å²) in [6, 6.07) is 1.86. The minimum atomic E-state index is 0.140. The monoisotopic (exact) mass is 157 g/mol. The van der Waals surface area contributed by atoms with Crippen LogP contribution in [-0.4, -0.2) is 25.3 Å². The first-order chi connectivity index (χ1) is 5.24. The molecule has 0 aliphatic carbocycles. The van der Waals surface area contributed by atoms with Crippen molar-refractivity contribution in [3.63, 3.8) is 0 Å². The Bertz CT molecular complexity index is 222. The second-order valence-corrected chi connectivity index (χ2v) is 2.44. The van der Waals surface area contributed by atoms with E-state index in [0.717, 1.165) is 5.88 Å². The molecule has 1 rings (SSSR count). The van der Waals surface area contributed by atoms with Gasteiger partial charge in [-0.3, -0.25) is 0 Å². The molecule has 0 aromatic carbocycles. The highest BCUT2D eigenvalue weighted by Gasteiger charge is 2.08. The smallest absolute Gasteiger partial charge is 0.277 e. The first-order valence-corrected chi connectivity index (χ1v) is 3.52. The molecule has 11 heavy (non-hydrogen) atoms. The van der Waals surface area contributed by atoms with Crippen LogP contribution in [0.4, 0.5) is 5.88 Å². The lowest BCUT2D eigenvalue weighted by Gasteiger charge is -2.10. The first-order valence-electron chi connectivity index (χ1n) is 3.52. The van der Waals surface area contributed by atoms with Gasteiger partial charge < -0.3 is 10.0 Å². The van der Waals surface area contributed by atoms with E-state index in [9.17, 15) is 0 Å². The number of aliphatic hydroxyl groups excluding tert-OH is 1. The van der Waals surface area contributed by atoms with E-state index in [4.69, 9.17) is 9.63 Å². The molecule has 0 aliphatic rings. The minimum absolute atomic E-state index is 0.140. The molecule has 0 atom stereocenters. The number of likely N-dealkylation sites (N-methyl/N-ethyl adjacent to an activating group) is 1. The molecule has 0 saturated carbocycles. The number of nitrogens with zero attached hydrogens (tertiary/aromatic N) is 2. The van der Waals surface area contributed by atoms with E-state index < -0.39 is 0 Å². The Morgan fingerprint density at radius 1 is 1.73 bits per heavy atom. The summed E-state index contributed by atoms with van der Waals surface area (Å²) in [5.41, 5.74) is 0. The maximum absolute atomic E-state index is 8.61. The highest BCUT2D eigenvalue weighted by Crippen LogP contribution is 2.07. The number of aromatic nitrogens is 1. The Morgan fingerprint density at radius 3 is 2.91 bits per heavy atom. The quantitative estimate of drug-likeness (QED) is 0.603. The van der Waals surface area contributed by atoms with Crippen molar-refractivity contribution in [2.24, 2.45) is 7.05 Å². The van der Waals surface area contributed by atoms with Crippen molar-refractivity contribution in [1.82, 2.24) is 0 Å². The third kappa shape index (κ3) is 1.94. The third-order valence-corrected chi connectivity index (χ3v) is 1.48. The molecule has 0 spiro atoms. The molecule has 0 unspecified atom stereocenters. The lowest BCUT2D eigenvalue weighted by molar-refractivity contribution is -0.843. The van der Waals surface area contributed by atoms with Gasteiger partial charge in [0.05, 0.1) is 12.7 Å². The number of aliphatic hydroxyl groups is 1. The molecular formula is C7H13N2O2+. The number of anilines is 1. The topological polar surface area (TPSA) is 40.5 Å². The van der Waals surface area contributed by atoms with Crippen molar-refractivity contribution in [3.8, 4) is 0 Å². The first kappa shape index (κ1) is 8.07. The SMILES string of the molecule is CN(CCO)c1cc[n+](C)o1. The fourth-order valence-electron chi connectivity index (χ4n) is 0.834. The summed E-state index contributed by atoms with van der Waals surface area (Å²) in [5, 5.41) is 8.61. The molecule has 0 aliphatic heterocycles. The van der Waals surface area contributed by atoms with Gasteiger partial charge in [0.25, 0.3) is 5.88 Å². The number of hydrogen-bond acceptors (Lipinski definition) is 3. The number of hydrogen-bond donors (Lipinski definition) is 1. The van der Waals surface area contributed by atoms with E-state index in [1.165, 1.54) is 0 Å². The summed E-state index contributed by atoms with van der Waals surface area (Å²) < 4.78 is 6.84. The van der Waals surface area contributed by atoms with Crippen LogP contribution in [0.15, 0.2) is 16.8 Å². The van der Waals surface area contributed by atoms with Crippen LogP contribution < -0.4 is 9.64 Å². The summed E-state index contributed by atoms with van der Waals surface area (Å²) in [4.78, 5) is 1.85. The van der Waals surface area contributed by atoms with Gasteiger partial charge in [-0.05, 0) is 4.74 Å². The van der Waals surface area contributed by atoms with Crippen LogP contribution in [0.1, 0.15) is 0 Å². The fourth-order valence-corrected chi connectivity index (χ4v) is 0.834. The Kier molecular flexibility index (Phi) is 2.48. The minimum Gasteiger partial charge on any atom is -0.395 e. The maximum atomic E-state index is 8.61. The standard InChI is InChI=1S/C7H13N2O2/c1-8(5-6-10)7-3-4-9(2)11-7/h3-4,10H,5-6H2,1-2H3/q+1. The van der Waals surface area contributed by atoms with E-state index in [0.29, 0.717) is 6.54 Å².